The van der Waals surface area contributed by atoms with Crippen molar-refractivity contribution in [3.8, 4) is 5.69 Å². The maximum atomic E-state index is 13.3. The van der Waals surface area contributed by atoms with Gasteiger partial charge in [0.2, 0.25) is 0 Å². The van der Waals surface area contributed by atoms with Gasteiger partial charge in [-0.2, -0.15) is 0 Å². The first-order chi connectivity index (χ1) is 10.3. The molecule has 0 aliphatic carbocycles. The van der Waals surface area contributed by atoms with Crippen molar-refractivity contribution >= 4 is 15.9 Å². The van der Waals surface area contributed by atoms with Crippen molar-refractivity contribution < 1.29 is 4.39 Å². The predicted molar refractivity (Wildman–Crippen MR) is 83.2 cm³/mol. The number of halogens is 2. The normalized spacial score (nSPS) is 10.8. The summed E-state index contributed by atoms with van der Waals surface area (Å²) in [6.45, 7) is 0. The van der Waals surface area contributed by atoms with Crippen molar-refractivity contribution in [1.29, 1.82) is 0 Å². The van der Waals surface area contributed by atoms with Gasteiger partial charge in [0.1, 0.15) is 17.5 Å². The SMILES string of the molecule is Fc1cccc(Cc2nnc(CBr)n2-c2ccccc2)c1. The number of rotatable bonds is 4. The highest BCUT2D eigenvalue weighted by Crippen LogP contribution is 2.18. The third-order valence-corrected chi connectivity index (χ3v) is 3.68. The number of alkyl halides is 1. The smallest absolute Gasteiger partial charge is 0.148 e. The second kappa shape index (κ2) is 6.18. The summed E-state index contributed by atoms with van der Waals surface area (Å²) in [5.74, 6) is 1.38. The Morgan fingerprint density at radius 1 is 0.952 bits per heavy atom. The zero-order chi connectivity index (χ0) is 14.7. The van der Waals surface area contributed by atoms with E-state index in [1.54, 1.807) is 6.07 Å². The molecule has 3 rings (SSSR count). The Labute approximate surface area is 130 Å². The lowest BCUT2D eigenvalue weighted by atomic mass is 10.1. The highest BCUT2D eigenvalue weighted by Gasteiger charge is 2.13. The Hall–Kier alpha value is -2.01. The van der Waals surface area contributed by atoms with Gasteiger partial charge in [0.05, 0.1) is 5.33 Å². The van der Waals surface area contributed by atoms with Crippen LogP contribution in [0.5, 0.6) is 0 Å². The van der Waals surface area contributed by atoms with Gasteiger partial charge < -0.3 is 0 Å². The van der Waals surface area contributed by atoms with Crippen LogP contribution in [-0.2, 0) is 11.8 Å². The average molecular weight is 346 g/mol. The van der Waals surface area contributed by atoms with E-state index in [0.29, 0.717) is 11.8 Å². The molecular formula is C16H13BrFN3. The maximum Gasteiger partial charge on any atom is 0.148 e. The topological polar surface area (TPSA) is 30.7 Å². The van der Waals surface area contributed by atoms with Crippen molar-refractivity contribution in [2.75, 3.05) is 0 Å². The van der Waals surface area contributed by atoms with Gasteiger partial charge in [0.25, 0.3) is 0 Å². The standard InChI is InChI=1S/C16H13BrFN3/c17-11-16-20-19-15(10-12-5-4-6-13(18)9-12)21(16)14-7-2-1-3-8-14/h1-9H,10-11H2. The van der Waals surface area contributed by atoms with Gasteiger partial charge in [-0.15, -0.1) is 10.2 Å². The number of hydrogen-bond acceptors (Lipinski definition) is 2. The van der Waals surface area contributed by atoms with E-state index in [9.17, 15) is 4.39 Å². The summed E-state index contributed by atoms with van der Waals surface area (Å²) in [6.07, 6.45) is 0.534. The number of nitrogens with zero attached hydrogens (tertiary/aromatic N) is 3. The highest BCUT2D eigenvalue weighted by atomic mass is 79.9. The quantitative estimate of drug-likeness (QED) is 0.671. The number of hydrogen-bond donors (Lipinski definition) is 0. The molecule has 0 bridgehead atoms. The molecule has 0 spiro atoms. The Balaban J connectivity index is 2.02. The van der Waals surface area contributed by atoms with Gasteiger partial charge in [-0.1, -0.05) is 46.3 Å². The fraction of sp³-hybridized carbons (Fsp3) is 0.125. The lowest BCUT2D eigenvalue weighted by Gasteiger charge is -2.09. The molecule has 21 heavy (non-hydrogen) atoms. The van der Waals surface area contributed by atoms with E-state index in [0.717, 1.165) is 22.9 Å². The molecule has 0 N–H and O–H groups in total. The number of para-hydroxylation sites is 1. The fourth-order valence-electron chi connectivity index (χ4n) is 2.26. The first-order valence-corrected chi connectivity index (χ1v) is 7.69. The molecule has 0 aliphatic rings. The Bertz CT molecular complexity index is 740. The van der Waals surface area contributed by atoms with Crippen molar-refractivity contribution in [1.82, 2.24) is 14.8 Å². The second-order valence-electron chi connectivity index (χ2n) is 4.64. The fourth-order valence-corrected chi connectivity index (χ4v) is 2.62. The van der Waals surface area contributed by atoms with Gasteiger partial charge in [-0.05, 0) is 29.8 Å². The lowest BCUT2D eigenvalue weighted by molar-refractivity contribution is 0.625. The second-order valence-corrected chi connectivity index (χ2v) is 5.20. The van der Waals surface area contributed by atoms with E-state index in [1.807, 2.05) is 41.0 Å². The molecule has 0 radical (unpaired) electrons. The van der Waals surface area contributed by atoms with Crippen LogP contribution in [0.3, 0.4) is 0 Å². The highest BCUT2D eigenvalue weighted by molar-refractivity contribution is 9.08. The van der Waals surface area contributed by atoms with Gasteiger partial charge in [0, 0.05) is 12.1 Å². The zero-order valence-corrected chi connectivity index (χ0v) is 12.8. The van der Waals surface area contributed by atoms with E-state index in [-0.39, 0.29) is 5.82 Å². The molecule has 0 amide bonds. The maximum absolute atomic E-state index is 13.3. The van der Waals surface area contributed by atoms with E-state index in [4.69, 9.17) is 0 Å². The third-order valence-electron chi connectivity index (χ3n) is 3.18. The van der Waals surface area contributed by atoms with Crippen LogP contribution in [0.2, 0.25) is 0 Å². The first-order valence-electron chi connectivity index (χ1n) is 6.57. The summed E-state index contributed by atoms with van der Waals surface area (Å²) in [4.78, 5) is 0. The molecule has 1 aromatic heterocycles. The number of benzene rings is 2. The minimum atomic E-state index is -0.237. The molecule has 0 unspecified atom stereocenters. The van der Waals surface area contributed by atoms with Crippen LogP contribution in [0, 0.1) is 5.82 Å². The summed E-state index contributed by atoms with van der Waals surface area (Å²) >= 11 is 3.43. The van der Waals surface area contributed by atoms with Crippen LogP contribution in [0.4, 0.5) is 4.39 Å². The average Bonchev–Trinajstić information content (AvgIpc) is 2.91. The Morgan fingerprint density at radius 3 is 2.43 bits per heavy atom. The summed E-state index contributed by atoms with van der Waals surface area (Å²) in [5, 5.41) is 9.06. The Kier molecular flexibility index (Phi) is 4.10. The van der Waals surface area contributed by atoms with Crippen LogP contribution in [-0.4, -0.2) is 14.8 Å². The van der Waals surface area contributed by atoms with Crippen LogP contribution in [0.1, 0.15) is 17.2 Å². The zero-order valence-electron chi connectivity index (χ0n) is 11.2. The van der Waals surface area contributed by atoms with Crippen LogP contribution in [0.25, 0.3) is 5.69 Å². The summed E-state index contributed by atoms with van der Waals surface area (Å²) in [6, 6.07) is 16.5. The molecule has 1 heterocycles. The molecule has 0 aliphatic heterocycles. The van der Waals surface area contributed by atoms with Gasteiger partial charge in [-0.25, -0.2) is 4.39 Å². The molecule has 5 heteroatoms. The molecule has 3 nitrogen and oxygen atoms in total. The summed E-state index contributed by atoms with van der Waals surface area (Å²) in [7, 11) is 0. The third kappa shape index (κ3) is 3.03. The molecule has 0 saturated carbocycles. The molecule has 3 aromatic rings. The minimum absolute atomic E-state index is 0.237. The molecule has 0 atom stereocenters. The molecular weight excluding hydrogens is 333 g/mol. The lowest BCUT2D eigenvalue weighted by Crippen LogP contribution is -2.05. The monoisotopic (exact) mass is 345 g/mol. The number of aromatic nitrogens is 3. The summed E-state index contributed by atoms with van der Waals surface area (Å²) < 4.78 is 15.3. The van der Waals surface area contributed by atoms with E-state index in [1.165, 1.54) is 12.1 Å². The molecule has 106 valence electrons. The predicted octanol–water partition coefficient (Wildman–Crippen LogP) is 3.89. The molecule has 0 fully saturated rings. The van der Waals surface area contributed by atoms with Crippen molar-refractivity contribution in [3.05, 3.63) is 77.6 Å². The first kappa shape index (κ1) is 13.9. The largest absolute Gasteiger partial charge is 0.282 e. The van der Waals surface area contributed by atoms with Crippen LogP contribution in [0.15, 0.2) is 54.6 Å². The molecule has 2 aromatic carbocycles. The van der Waals surface area contributed by atoms with E-state index >= 15 is 0 Å². The minimum Gasteiger partial charge on any atom is -0.282 e. The summed E-state index contributed by atoms with van der Waals surface area (Å²) in [5.41, 5.74) is 1.88. The van der Waals surface area contributed by atoms with Crippen LogP contribution < -0.4 is 0 Å². The van der Waals surface area contributed by atoms with Gasteiger partial charge >= 0.3 is 0 Å². The van der Waals surface area contributed by atoms with Crippen molar-refractivity contribution in [2.45, 2.75) is 11.8 Å². The Morgan fingerprint density at radius 2 is 1.71 bits per heavy atom. The van der Waals surface area contributed by atoms with Crippen molar-refractivity contribution in [3.63, 3.8) is 0 Å². The van der Waals surface area contributed by atoms with E-state index in [2.05, 4.69) is 26.1 Å². The van der Waals surface area contributed by atoms with Crippen LogP contribution >= 0.6 is 15.9 Å². The van der Waals surface area contributed by atoms with Gasteiger partial charge in [-0.3, -0.25) is 4.57 Å². The van der Waals surface area contributed by atoms with E-state index < -0.39 is 0 Å². The molecule has 0 saturated heterocycles. The van der Waals surface area contributed by atoms with Crippen molar-refractivity contribution in [2.24, 2.45) is 0 Å². The van der Waals surface area contributed by atoms with Gasteiger partial charge in [0.15, 0.2) is 0 Å².